The van der Waals surface area contributed by atoms with Crippen molar-refractivity contribution in [3.63, 3.8) is 0 Å². The van der Waals surface area contributed by atoms with Gasteiger partial charge < -0.3 is 19.3 Å². The summed E-state index contributed by atoms with van der Waals surface area (Å²) in [6.07, 6.45) is 8.84. The van der Waals surface area contributed by atoms with E-state index in [9.17, 15) is 9.59 Å². The molecule has 4 rings (SSSR count). The summed E-state index contributed by atoms with van der Waals surface area (Å²) in [6.45, 7) is 8.17. The molecule has 4 unspecified atom stereocenters. The minimum absolute atomic E-state index is 0.0671. The average molecular weight is 427 g/mol. The predicted octanol–water partition coefficient (Wildman–Crippen LogP) is 4.56. The molecule has 0 saturated carbocycles. The van der Waals surface area contributed by atoms with Gasteiger partial charge in [-0.15, -0.1) is 0 Å². The Kier molecular flexibility index (Phi) is 7.01. The Morgan fingerprint density at radius 3 is 2.81 bits per heavy atom. The largest absolute Gasteiger partial charge is 0.496 e. The molecule has 6 heteroatoms. The highest BCUT2D eigenvalue weighted by atomic mass is 16.6. The number of epoxide rings is 1. The second-order valence-corrected chi connectivity index (χ2v) is 8.39. The van der Waals surface area contributed by atoms with E-state index in [1.54, 1.807) is 19.2 Å². The predicted molar refractivity (Wildman–Crippen MR) is 118 cm³/mol. The molecule has 0 amide bonds. The van der Waals surface area contributed by atoms with Gasteiger partial charge in [-0.25, -0.2) is 9.59 Å². The van der Waals surface area contributed by atoms with E-state index in [1.807, 2.05) is 12.1 Å². The van der Waals surface area contributed by atoms with Crippen LogP contribution in [0.2, 0.25) is 0 Å². The number of hydrogen-bond donors (Lipinski definition) is 1. The van der Waals surface area contributed by atoms with Crippen LogP contribution < -0.4 is 4.74 Å². The number of carboxylic acids is 1. The van der Waals surface area contributed by atoms with Crippen molar-refractivity contribution in [1.29, 1.82) is 0 Å². The van der Waals surface area contributed by atoms with Gasteiger partial charge in [0.05, 0.1) is 12.7 Å². The van der Waals surface area contributed by atoms with E-state index in [0.29, 0.717) is 11.3 Å². The lowest BCUT2D eigenvalue weighted by molar-refractivity contribution is -0.140. The number of fused-ring (bicyclic) bond motifs is 3. The van der Waals surface area contributed by atoms with Crippen molar-refractivity contribution in [3.8, 4) is 5.75 Å². The van der Waals surface area contributed by atoms with Crippen molar-refractivity contribution in [3.05, 3.63) is 59.7 Å². The van der Waals surface area contributed by atoms with Crippen LogP contribution in [0.5, 0.6) is 5.75 Å². The first kappa shape index (κ1) is 22.8. The summed E-state index contributed by atoms with van der Waals surface area (Å²) in [5.41, 5.74) is 2.67. The van der Waals surface area contributed by atoms with Crippen molar-refractivity contribution in [2.75, 3.05) is 7.11 Å². The first-order valence-electron chi connectivity index (χ1n) is 10.5. The zero-order valence-corrected chi connectivity index (χ0v) is 18.3. The molecular formula is C25H30O6. The molecule has 0 radical (unpaired) electrons. The molecule has 6 nitrogen and oxygen atoms in total. The van der Waals surface area contributed by atoms with Crippen molar-refractivity contribution in [2.45, 2.75) is 57.3 Å². The lowest BCUT2D eigenvalue weighted by Crippen LogP contribution is -2.28. The van der Waals surface area contributed by atoms with Crippen molar-refractivity contribution in [2.24, 2.45) is 5.92 Å². The van der Waals surface area contributed by atoms with Gasteiger partial charge in [-0.1, -0.05) is 36.4 Å². The highest BCUT2D eigenvalue weighted by Crippen LogP contribution is 2.49. The number of methoxy groups -OCH3 is 1. The summed E-state index contributed by atoms with van der Waals surface area (Å²) in [5.74, 6) is -0.402. The molecular weight excluding hydrogens is 396 g/mol. The van der Waals surface area contributed by atoms with Crippen LogP contribution in [0.4, 0.5) is 0 Å². The van der Waals surface area contributed by atoms with Crippen LogP contribution in [0.1, 0.15) is 45.1 Å². The van der Waals surface area contributed by atoms with Gasteiger partial charge in [-0.3, -0.25) is 0 Å². The fourth-order valence-electron chi connectivity index (χ4n) is 4.17. The van der Waals surface area contributed by atoms with Crippen LogP contribution >= 0.6 is 0 Å². The van der Waals surface area contributed by atoms with Crippen LogP contribution in [-0.2, 0) is 19.1 Å². The molecule has 1 aliphatic carbocycles. The Morgan fingerprint density at radius 2 is 2.10 bits per heavy atom. The number of benzene rings is 1. The maximum absolute atomic E-state index is 11.7. The normalized spacial score (nSPS) is 29.6. The van der Waals surface area contributed by atoms with Gasteiger partial charge in [0.25, 0.3) is 0 Å². The molecule has 0 aromatic heterocycles. The summed E-state index contributed by atoms with van der Waals surface area (Å²) < 4.78 is 16.3. The first-order valence-corrected chi connectivity index (χ1v) is 10.5. The third-order valence-electron chi connectivity index (χ3n) is 6.12. The monoisotopic (exact) mass is 426 g/mol. The van der Waals surface area contributed by atoms with Crippen molar-refractivity contribution >= 4 is 18.0 Å². The highest BCUT2D eigenvalue weighted by Gasteiger charge is 2.61. The van der Waals surface area contributed by atoms with Crippen LogP contribution in [0.15, 0.2) is 54.1 Å². The van der Waals surface area contributed by atoms with Gasteiger partial charge in [-0.05, 0) is 51.7 Å². The number of carboxylic acid groups (broad SMARTS) is 1. The molecule has 2 saturated heterocycles. The molecule has 0 spiro atoms. The number of aliphatic carboxylic acids is 1. The van der Waals surface area contributed by atoms with Crippen molar-refractivity contribution < 1.29 is 28.9 Å². The van der Waals surface area contributed by atoms with E-state index >= 15 is 0 Å². The molecule has 166 valence electrons. The number of esters is 1. The molecule has 2 aliphatic heterocycles. The number of allylic oxidation sites excluding steroid dienone is 2. The van der Waals surface area contributed by atoms with Gasteiger partial charge in [0.2, 0.25) is 0 Å². The zero-order chi connectivity index (χ0) is 22.6. The summed E-state index contributed by atoms with van der Waals surface area (Å²) in [6, 6.07) is 7.22. The Balaban J connectivity index is 0.000000187. The maximum atomic E-state index is 11.7. The van der Waals surface area contributed by atoms with Crippen LogP contribution in [0.25, 0.3) is 6.08 Å². The number of carbonyl (C=O) groups is 2. The second kappa shape index (κ2) is 9.52. The van der Waals surface area contributed by atoms with E-state index in [-0.39, 0.29) is 29.7 Å². The molecule has 2 fully saturated rings. The van der Waals surface area contributed by atoms with Gasteiger partial charge in [0.15, 0.2) is 0 Å². The average Bonchev–Trinajstić information content (AvgIpc) is 3.33. The van der Waals surface area contributed by atoms with E-state index < -0.39 is 5.97 Å². The summed E-state index contributed by atoms with van der Waals surface area (Å²) >= 11 is 0. The topological polar surface area (TPSA) is 85.4 Å². The smallest absolute Gasteiger partial charge is 0.334 e. The van der Waals surface area contributed by atoms with E-state index in [0.717, 1.165) is 37.3 Å². The Bertz CT molecular complexity index is 914. The first-order chi connectivity index (χ1) is 14.7. The molecule has 1 N–H and O–H groups in total. The Labute approximate surface area is 183 Å². The molecule has 1 aromatic carbocycles. The number of rotatable bonds is 3. The SMILES string of the molecule is C=C1C(=O)OC2C1CCC(C)=CCCC1(C)OC21.COc1ccccc1C=CC(=O)O. The van der Waals surface area contributed by atoms with Gasteiger partial charge in [-0.2, -0.15) is 0 Å². The lowest BCUT2D eigenvalue weighted by atomic mass is 9.84. The third kappa shape index (κ3) is 5.44. The van der Waals surface area contributed by atoms with Crippen molar-refractivity contribution in [1.82, 2.24) is 0 Å². The zero-order valence-electron chi connectivity index (χ0n) is 18.3. The van der Waals surface area contributed by atoms with Gasteiger partial charge in [0.1, 0.15) is 18.0 Å². The molecule has 31 heavy (non-hydrogen) atoms. The summed E-state index contributed by atoms with van der Waals surface area (Å²) in [7, 11) is 1.55. The van der Waals surface area contributed by atoms with E-state index in [1.165, 1.54) is 11.6 Å². The highest BCUT2D eigenvalue weighted by molar-refractivity contribution is 5.91. The third-order valence-corrected chi connectivity index (χ3v) is 6.12. The minimum Gasteiger partial charge on any atom is -0.496 e. The number of hydrogen-bond acceptors (Lipinski definition) is 5. The minimum atomic E-state index is -0.967. The molecule has 3 aliphatic rings. The van der Waals surface area contributed by atoms with Crippen LogP contribution in [0, 0.1) is 5.92 Å². The van der Waals surface area contributed by atoms with Crippen LogP contribution in [-0.4, -0.2) is 42.0 Å². The van der Waals surface area contributed by atoms with E-state index in [4.69, 9.17) is 19.3 Å². The van der Waals surface area contributed by atoms with E-state index in [2.05, 4.69) is 26.5 Å². The maximum Gasteiger partial charge on any atom is 0.334 e. The molecule has 2 heterocycles. The van der Waals surface area contributed by atoms with Crippen LogP contribution in [0.3, 0.4) is 0 Å². The Hall–Kier alpha value is -2.86. The fourth-order valence-corrected chi connectivity index (χ4v) is 4.17. The second-order valence-electron chi connectivity index (χ2n) is 8.39. The quantitative estimate of drug-likeness (QED) is 0.330. The molecule has 1 aromatic rings. The fraction of sp³-hybridized carbons (Fsp3) is 0.440. The van der Waals surface area contributed by atoms with Gasteiger partial charge >= 0.3 is 11.9 Å². The summed E-state index contributed by atoms with van der Waals surface area (Å²) in [5, 5.41) is 8.41. The lowest BCUT2D eigenvalue weighted by Gasteiger charge is -2.19. The standard InChI is InChI=1S/C15H20O3.C10H10O3/c1-9-5-4-8-15(3)13(18-15)12-11(7-6-9)10(2)14(16)17-12;1-13-9-5-3-2-4-8(9)6-7-10(11)12/h5,11-13H,2,4,6-8H2,1,3H3;2-7H,1H3,(H,11,12). The number of para-hydroxylation sites is 1. The van der Waals surface area contributed by atoms with Gasteiger partial charge in [0, 0.05) is 23.1 Å². The number of ether oxygens (including phenoxy) is 3. The molecule has 4 atom stereocenters. The Morgan fingerprint density at radius 1 is 1.35 bits per heavy atom. The number of carbonyl (C=O) groups excluding carboxylic acids is 1. The molecule has 0 bridgehead atoms. The summed E-state index contributed by atoms with van der Waals surface area (Å²) in [4.78, 5) is 21.9.